The first-order valence-corrected chi connectivity index (χ1v) is 7.00. The number of hydrogen-bond donors (Lipinski definition) is 0. The fraction of sp³-hybridized carbons (Fsp3) is 0.364. The van der Waals surface area contributed by atoms with E-state index in [2.05, 4.69) is 0 Å². The summed E-state index contributed by atoms with van der Waals surface area (Å²) in [4.78, 5) is 24.6. The molecule has 0 aliphatic carbocycles. The molecular formula is C11H15NO2P+. The van der Waals surface area contributed by atoms with E-state index >= 15 is 0 Å². The predicted molar refractivity (Wildman–Crippen MR) is 64.4 cm³/mol. The molecule has 0 aromatic rings. The Kier molecular flexibility index (Phi) is 3.59. The van der Waals surface area contributed by atoms with Crippen LogP contribution in [0.3, 0.4) is 0 Å². The second kappa shape index (κ2) is 4.54. The first kappa shape index (κ1) is 11.9. The third-order valence-electron chi connectivity index (χ3n) is 2.08. The van der Waals surface area contributed by atoms with E-state index in [-0.39, 0.29) is 19.4 Å². The molecule has 1 aliphatic heterocycles. The Hall–Kier alpha value is -1.21. The number of carbonyl (C=O) groups excluding carboxylic acids is 2. The molecule has 80 valence electrons. The van der Waals surface area contributed by atoms with E-state index in [1.807, 2.05) is 26.0 Å². The van der Waals surface area contributed by atoms with Crippen LogP contribution in [-0.4, -0.2) is 42.9 Å². The van der Waals surface area contributed by atoms with Crippen molar-refractivity contribution < 1.29 is 9.59 Å². The lowest BCUT2D eigenvalue weighted by atomic mass is 10.1. The molecule has 0 saturated heterocycles. The van der Waals surface area contributed by atoms with Crippen molar-refractivity contribution in [1.82, 2.24) is 4.90 Å². The van der Waals surface area contributed by atoms with Gasteiger partial charge in [0.1, 0.15) is 5.80 Å². The van der Waals surface area contributed by atoms with E-state index in [4.69, 9.17) is 0 Å². The zero-order chi connectivity index (χ0) is 11.6. The highest BCUT2D eigenvalue weighted by Crippen LogP contribution is 2.23. The number of rotatable bonds is 2. The zero-order valence-corrected chi connectivity index (χ0v) is 10.3. The molecule has 0 N–H and O–H groups in total. The Labute approximate surface area is 90.8 Å². The number of carbonyl (C=O) groups is 2. The second-order valence-corrected chi connectivity index (χ2v) is 5.77. The van der Waals surface area contributed by atoms with Gasteiger partial charge in [-0.05, 0) is 6.92 Å². The molecule has 0 aromatic carbocycles. The minimum absolute atomic E-state index is 0.190. The maximum absolute atomic E-state index is 11.7. The smallest absolute Gasteiger partial charge is 0.265 e. The highest BCUT2D eigenvalue weighted by Gasteiger charge is 2.34. The molecule has 0 unspecified atom stereocenters. The van der Waals surface area contributed by atoms with Gasteiger partial charge in [0.05, 0.1) is 32.0 Å². The summed E-state index contributed by atoms with van der Waals surface area (Å²) >= 11 is 0. The van der Waals surface area contributed by atoms with Gasteiger partial charge in [-0.15, -0.1) is 0 Å². The molecule has 1 heterocycles. The average molecular weight is 224 g/mol. The summed E-state index contributed by atoms with van der Waals surface area (Å²) in [6, 6.07) is 0. The number of hydrogen-bond acceptors (Lipinski definition) is 2. The van der Waals surface area contributed by atoms with Crippen molar-refractivity contribution in [3.05, 3.63) is 23.3 Å². The Balaban J connectivity index is 3.30. The van der Waals surface area contributed by atoms with Crippen LogP contribution in [0.15, 0.2) is 23.3 Å². The Morgan fingerprint density at radius 2 is 1.67 bits per heavy atom. The van der Waals surface area contributed by atoms with Gasteiger partial charge < -0.3 is 0 Å². The molecule has 0 radical (unpaired) electrons. The number of nitrogens with zero attached hydrogens (tertiary/aromatic N) is 1. The van der Waals surface area contributed by atoms with Crippen molar-refractivity contribution in [2.75, 3.05) is 20.4 Å². The van der Waals surface area contributed by atoms with Gasteiger partial charge in [-0.2, -0.15) is 0 Å². The molecule has 3 nitrogen and oxygen atoms in total. The van der Waals surface area contributed by atoms with Crippen LogP contribution in [0.1, 0.15) is 6.92 Å². The second-order valence-electron chi connectivity index (χ2n) is 3.59. The van der Waals surface area contributed by atoms with Crippen LogP contribution >= 0.6 is 7.55 Å². The molecular weight excluding hydrogens is 209 g/mol. The summed E-state index contributed by atoms with van der Waals surface area (Å²) in [5.41, 5.74) is 1.07. The lowest BCUT2D eigenvalue weighted by molar-refractivity contribution is -0.135. The molecule has 4 heteroatoms. The van der Waals surface area contributed by atoms with Gasteiger partial charge in [-0.3, -0.25) is 14.5 Å². The molecule has 0 spiro atoms. The number of amides is 2. The number of allylic oxidation sites excluding steroid dienone is 1. The van der Waals surface area contributed by atoms with Crippen molar-refractivity contribution >= 4 is 25.2 Å². The molecule has 1 rings (SSSR count). The van der Waals surface area contributed by atoms with Crippen molar-refractivity contribution in [2.45, 2.75) is 6.92 Å². The molecule has 15 heavy (non-hydrogen) atoms. The first-order valence-electron chi connectivity index (χ1n) is 4.69. The quantitative estimate of drug-likeness (QED) is 0.525. The van der Waals surface area contributed by atoms with Gasteiger partial charge in [0.15, 0.2) is 0 Å². The summed E-state index contributed by atoms with van der Waals surface area (Å²) in [6.07, 6.45) is 3.48. The Bertz CT molecular complexity index is 401. The first-order chi connectivity index (χ1) is 6.99. The molecule has 0 bridgehead atoms. The Morgan fingerprint density at radius 1 is 1.13 bits per heavy atom. The largest absolute Gasteiger partial charge is 0.277 e. The SMILES string of the molecule is C/C=C\C1=C(C=[P+](C)C)C(=O)N(C)C1=O. The summed E-state index contributed by atoms with van der Waals surface area (Å²) in [5.74, 6) is 1.50. The monoisotopic (exact) mass is 224 g/mol. The van der Waals surface area contributed by atoms with E-state index in [1.165, 1.54) is 11.9 Å². The molecule has 0 aromatic heterocycles. The maximum Gasteiger partial charge on any atom is 0.265 e. The molecule has 1 aliphatic rings. The molecule has 0 saturated carbocycles. The van der Waals surface area contributed by atoms with Crippen LogP contribution in [0, 0.1) is 0 Å². The van der Waals surface area contributed by atoms with Crippen LogP contribution < -0.4 is 0 Å². The van der Waals surface area contributed by atoms with Gasteiger partial charge in [0, 0.05) is 7.05 Å². The highest BCUT2D eigenvalue weighted by molar-refractivity contribution is 7.56. The van der Waals surface area contributed by atoms with E-state index in [0.29, 0.717) is 11.1 Å². The highest BCUT2D eigenvalue weighted by atomic mass is 31.1. The van der Waals surface area contributed by atoms with Gasteiger partial charge in [-0.25, -0.2) is 0 Å². The van der Waals surface area contributed by atoms with Gasteiger partial charge in [0.2, 0.25) is 0 Å². The number of likely N-dealkylation sites (N-methyl/N-ethyl adjacent to an activating group) is 1. The van der Waals surface area contributed by atoms with Gasteiger partial charge in [0.25, 0.3) is 11.8 Å². The lowest BCUT2D eigenvalue weighted by Crippen LogP contribution is -2.26. The minimum atomic E-state index is -0.330. The molecule has 2 amide bonds. The van der Waals surface area contributed by atoms with Crippen LogP contribution in [0.5, 0.6) is 0 Å². The van der Waals surface area contributed by atoms with Crippen molar-refractivity contribution in [2.24, 2.45) is 0 Å². The lowest BCUT2D eigenvalue weighted by Gasteiger charge is -2.04. The fourth-order valence-electron chi connectivity index (χ4n) is 1.39. The van der Waals surface area contributed by atoms with E-state index in [9.17, 15) is 9.59 Å². The molecule has 0 fully saturated rings. The normalized spacial score (nSPS) is 16.9. The number of imide groups is 1. The predicted octanol–water partition coefficient (Wildman–Crippen LogP) is 1.40. The van der Waals surface area contributed by atoms with Crippen LogP contribution in [0.2, 0.25) is 0 Å². The third-order valence-corrected chi connectivity index (χ3v) is 2.86. The minimum Gasteiger partial charge on any atom is -0.277 e. The van der Waals surface area contributed by atoms with Crippen molar-refractivity contribution in [3.8, 4) is 0 Å². The van der Waals surface area contributed by atoms with E-state index in [1.54, 1.807) is 12.2 Å². The summed E-state index contributed by atoms with van der Waals surface area (Å²) < 4.78 is 0. The van der Waals surface area contributed by atoms with E-state index < -0.39 is 0 Å². The standard InChI is InChI=1S/C11H15NO2P/c1-5-6-8-9(7-15(3)4)11(14)12(2)10(8)13/h5-7H,1-4H3/q+1/b6-5-. The van der Waals surface area contributed by atoms with Crippen molar-refractivity contribution in [3.63, 3.8) is 0 Å². The average Bonchev–Trinajstić information content (AvgIpc) is 2.35. The topological polar surface area (TPSA) is 37.4 Å². The zero-order valence-electron chi connectivity index (χ0n) is 9.44. The van der Waals surface area contributed by atoms with Crippen molar-refractivity contribution in [1.29, 1.82) is 0 Å². The van der Waals surface area contributed by atoms with E-state index in [0.717, 1.165) is 0 Å². The van der Waals surface area contributed by atoms with Gasteiger partial charge in [-0.1, -0.05) is 12.2 Å². The summed E-state index contributed by atoms with van der Waals surface area (Å²) in [5, 5.41) is 0. The van der Waals surface area contributed by atoms with Gasteiger partial charge >= 0.3 is 0 Å². The Morgan fingerprint density at radius 3 is 2.13 bits per heavy atom. The van der Waals surface area contributed by atoms with Crippen LogP contribution in [0.4, 0.5) is 0 Å². The van der Waals surface area contributed by atoms with Crippen LogP contribution in [-0.2, 0) is 9.59 Å². The third kappa shape index (κ3) is 2.24. The summed E-state index contributed by atoms with van der Waals surface area (Å²) in [7, 11) is 1.19. The maximum atomic E-state index is 11.7. The van der Waals surface area contributed by atoms with Crippen LogP contribution in [0.25, 0.3) is 0 Å². The fourth-order valence-corrected chi connectivity index (χ4v) is 2.16. The summed E-state index contributed by atoms with van der Waals surface area (Å²) in [6.45, 7) is 5.93. The molecule has 0 atom stereocenters.